The molecule has 1 aliphatic heterocycles. The van der Waals surface area contributed by atoms with Gasteiger partial charge in [-0.25, -0.2) is 0 Å². The van der Waals surface area contributed by atoms with Crippen LogP contribution in [0.3, 0.4) is 0 Å². The van der Waals surface area contributed by atoms with Crippen LogP contribution in [0, 0.1) is 34.5 Å². The van der Waals surface area contributed by atoms with Gasteiger partial charge in [-0.1, -0.05) is 37.3 Å². The van der Waals surface area contributed by atoms with E-state index in [4.69, 9.17) is 0 Å². The van der Waals surface area contributed by atoms with Crippen LogP contribution in [0.15, 0.2) is 48.2 Å². The van der Waals surface area contributed by atoms with Gasteiger partial charge in [0.1, 0.15) is 0 Å². The minimum Gasteiger partial charge on any atom is -0.481 e. The number of allylic oxidation sites excluding steroid dienone is 4. The van der Waals surface area contributed by atoms with Gasteiger partial charge in [0, 0.05) is 11.3 Å². The summed E-state index contributed by atoms with van der Waals surface area (Å²) in [6.45, 7) is 4.33. The lowest BCUT2D eigenvalue weighted by Gasteiger charge is -2.59. The van der Waals surface area contributed by atoms with Crippen molar-refractivity contribution in [1.82, 2.24) is 0 Å². The molecule has 4 aliphatic rings. The predicted molar refractivity (Wildman–Crippen MR) is 117 cm³/mol. The molecule has 3 aliphatic carbocycles. The third kappa shape index (κ3) is 2.72. The van der Waals surface area contributed by atoms with Crippen molar-refractivity contribution in [2.75, 3.05) is 5.32 Å². The second kappa shape index (κ2) is 6.83. The highest BCUT2D eigenvalue weighted by atomic mass is 16.4. The van der Waals surface area contributed by atoms with E-state index in [1.165, 1.54) is 0 Å². The Balaban J connectivity index is 1.55. The summed E-state index contributed by atoms with van der Waals surface area (Å²) in [5, 5.41) is 13.5. The van der Waals surface area contributed by atoms with E-state index in [0.29, 0.717) is 35.4 Å². The smallest absolute Gasteiger partial charge is 0.309 e. The number of fused-ring (bicyclic) bond motifs is 4. The standard InChI is InChI=1S/C26H31NO3/c1-25-13-6-5-7-16(25)10-11-17-19(25)12-14-26(2,24(29)30)20(17)15-22-23(28)18-8-3-4-9-21(18)27-22/h3-6,8-9,15-17,19-20,27H,7,10-14H2,1-2H3,(H,29,30)/b22-15+/t16-,17+,19-,20-,25+,26+/m1/s1. The van der Waals surface area contributed by atoms with Crippen molar-refractivity contribution < 1.29 is 14.7 Å². The number of ketones is 1. The highest BCUT2D eigenvalue weighted by Crippen LogP contribution is 2.62. The third-order valence-corrected chi connectivity index (χ3v) is 8.98. The van der Waals surface area contributed by atoms with Crippen LogP contribution in [-0.2, 0) is 4.79 Å². The van der Waals surface area contributed by atoms with Gasteiger partial charge >= 0.3 is 5.97 Å². The number of Topliss-reactive ketones (excluding diaryl/α,β-unsaturated/α-hetero) is 1. The normalized spacial score (nSPS) is 41.0. The number of carbonyl (C=O) groups is 2. The Kier molecular flexibility index (Phi) is 4.46. The van der Waals surface area contributed by atoms with E-state index in [1.54, 1.807) is 0 Å². The van der Waals surface area contributed by atoms with Crippen LogP contribution in [-0.4, -0.2) is 16.9 Å². The monoisotopic (exact) mass is 405 g/mol. The molecule has 1 aromatic carbocycles. The van der Waals surface area contributed by atoms with E-state index >= 15 is 0 Å². The van der Waals surface area contributed by atoms with E-state index in [2.05, 4.69) is 24.4 Å². The first-order chi connectivity index (χ1) is 14.3. The van der Waals surface area contributed by atoms with Gasteiger partial charge in [-0.05, 0) is 86.7 Å². The van der Waals surface area contributed by atoms with Crippen LogP contribution in [0.5, 0.6) is 0 Å². The molecule has 5 rings (SSSR count). The number of carboxylic acids is 1. The molecule has 0 aromatic heterocycles. The highest BCUT2D eigenvalue weighted by molar-refractivity contribution is 6.18. The zero-order valence-corrected chi connectivity index (χ0v) is 17.9. The van der Waals surface area contributed by atoms with Gasteiger partial charge in [-0.3, -0.25) is 9.59 Å². The number of carbonyl (C=O) groups excluding carboxylic acids is 1. The minimum atomic E-state index is -0.835. The van der Waals surface area contributed by atoms with Gasteiger partial charge in [0.2, 0.25) is 5.78 Å². The van der Waals surface area contributed by atoms with Gasteiger partial charge in [0.25, 0.3) is 0 Å². The van der Waals surface area contributed by atoms with Gasteiger partial charge in [-0.2, -0.15) is 0 Å². The number of nitrogens with one attached hydrogen (secondary N) is 1. The van der Waals surface area contributed by atoms with Gasteiger partial charge < -0.3 is 10.4 Å². The Morgan fingerprint density at radius 3 is 2.73 bits per heavy atom. The van der Waals surface area contributed by atoms with Crippen LogP contribution in [0.4, 0.5) is 5.69 Å². The van der Waals surface area contributed by atoms with Crippen molar-refractivity contribution >= 4 is 17.4 Å². The number of hydrogen-bond acceptors (Lipinski definition) is 3. The van der Waals surface area contributed by atoms with Crippen LogP contribution in [0.1, 0.15) is 62.7 Å². The summed E-state index contributed by atoms with van der Waals surface area (Å²) in [5.41, 5.74) is 1.47. The SMILES string of the molecule is C[C@]12CC=CC[C@@H]1CC[C@H]1[C@H]2CC[C@](C)(C(=O)O)[C@@H]1/C=C1/Nc2ccccc2C1=O. The summed E-state index contributed by atoms with van der Waals surface area (Å²) in [4.78, 5) is 25.5. The van der Waals surface area contributed by atoms with Crippen LogP contribution >= 0.6 is 0 Å². The zero-order chi connectivity index (χ0) is 21.1. The molecule has 0 unspecified atom stereocenters. The maximum Gasteiger partial charge on any atom is 0.309 e. The quantitative estimate of drug-likeness (QED) is 0.491. The molecule has 1 aromatic rings. The summed E-state index contributed by atoms with van der Waals surface area (Å²) in [6, 6.07) is 7.54. The molecule has 0 amide bonds. The molecule has 2 fully saturated rings. The summed E-state index contributed by atoms with van der Waals surface area (Å²) in [7, 11) is 0. The third-order valence-electron chi connectivity index (χ3n) is 8.98. The number of hydrogen-bond donors (Lipinski definition) is 2. The van der Waals surface area contributed by atoms with Crippen molar-refractivity contribution in [3.8, 4) is 0 Å². The van der Waals surface area contributed by atoms with E-state index < -0.39 is 11.4 Å². The summed E-state index contributed by atoms with van der Waals surface area (Å²) in [6.07, 6.45) is 12.7. The second-order valence-corrected chi connectivity index (χ2v) is 10.3. The molecule has 0 spiro atoms. The average molecular weight is 406 g/mol. The lowest BCUT2D eigenvalue weighted by Crippen LogP contribution is -2.54. The average Bonchev–Trinajstić information content (AvgIpc) is 3.05. The first-order valence-electron chi connectivity index (χ1n) is 11.4. The number of aliphatic carboxylic acids is 1. The molecule has 4 heteroatoms. The molecule has 0 bridgehead atoms. The van der Waals surface area contributed by atoms with E-state index in [-0.39, 0.29) is 17.1 Å². The Morgan fingerprint density at radius 2 is 1.97 bits per heavy atom. The predicted octanol–water partition coefficient (Wildman–Crippen LogP) is 5.68. The lowest BCUT2D eigenvalue weighted by molar-refractivity contribution is -0.161. The number of anilines is 1. The van der Waals surface area contributed by atoms with Crippen LogP contribution in [0.2, 0.25) is 0 Å². The summed E-state index contributed by atoms with van der Waals surface area (Å²) in [5.74, 6) is 0.621. The molecule has 4 nitrogen and oxygen atoms in total. The maximum atomic E-state index is 13.0. The van der Waals surface area contributed by atoms with Gasteiger partial charge in [0.15, 0.2) is 0 Å². The molecule has 30 heavy (non-hydrogen) atoms. The van der Waals surface area contributed by atoms with Gasteiger partial charge in [0.05, 0.1) is 11.1 Å². The topological polar surface area (TPSA) is 66.4 Å². The maximum absolute atomic E-state index is 13.0. The summed E-state index contributed by atoms with van der Waals surface area (Å²) >= 11 is 0. The number of benzene rings is 1. The number of para-hydroxylation sites is 1. The fourth-order valence-electron chi connectivity index (χ4n) is 7.08. The number of rotatable bonds is 2. The Morgan fingerprint density at radius 1 is 1.17 bits per heavy atom. The number of carboxylic acid groups (broad SMARTS) is 1. The van der Waals surface area contributed by atoms with Crippen LogP contribution in [0.25, 0.3) is 0 Å². The van der Waals surface area contributed by atoms with Crippen molar-refractivity contribution in [2.45, 2.75) is 52.4 Å². The molecule has 2 N–H and O–H groups in total. The van der Waals surface area contributed by atoms with Crippen LogP contribution < -0.4 is 5.32 Å². The Labute approximate surface area is 178 Å². The largest absolute Gasteiger partial charge is 0.481 e. The van der Waals surface area contributed by atoms with E-state index in [1.807, 2.05) is 37.3 Å². The van der Waals surface area contributed by atoms with E-state index in [9.17, 15) is 14.7 Å². The Bertz CT molecular complexity index is 963. The van der Waals surface area contributed by atoms with Gasteiger partial charge in [-0.15, -0.1) is 0 Å². The van der Waals surface area contributed by atoms with Crippen molar-refractivity contribution in [3.05, 3.63) is 53.8 Å². The molecular weight excluding hydrogens is 374 g/mol. The first kappa shape index (κ1) is 19.6. The minimum absolute atomic E-state index is 0.0130. The molecule has 2 saturated carbocycles. The molecular formula is C26H31NO3. The van der Waals surface area contributed by atoms with Crippen molar-refractivity contribution in [2.24, 2.45) is 34.5 Å². The zero-order valence-electron chi connectivity index (χ0n) is 17.9. The highest BCUT2D eigenvalue weighted by Gasteiger charge is 2.57. The fourth-order valence-corrected chi connectivity index (χ4v) is 7.08. The molecule has 0 radical (unpaired) electrons. The molecule has 1 heterocycles. The molecule has 158 valence electrons. The summed E-state index contributed by atoms with van der Waals surface area (Å²) < 4.78 is 0. The second-order valence-electron chi connectivity index (χ2n) is 10.3. The van der Waals surface area contributed by atoms with Crippen molar-refractivity contribution in [3.63, 3.8) is 0 Å². The van der Waals surface area contributed by atoms with Crippen molar-refractivity contribution in [1.29, 1.82) is 0 Å². The fraction of sp³-hybridized carbons (Fsp3) is 0.538. The Hall–Kier alpha value is -2.36. The lowest BCUT2D eigenvalue weighted by atomic mass is 9.45. The molecule has 0 saturated heterocycles. The first-order valence-corrected chi connectivity index (χ1v) is 11.4. The molecule has 6 atom stereocenters. The van der Waals surface area contributed by atoms with E-state index in [0.717, 1.165) is 37.8 Å².